The smallest absolute Gasteiger partial charge is 0.305 e. The molecule has 0 unspecified atom stereocenters. The third kappa shape index (κ3) is 1.04. The summed E-state index contributed by atoms with van der Waals surface area (Å²) in [6, 6.07) is 3.18. The fraction of sp³-hybridized carbons (Fsp3) is 0.125. The highest BCUT2D eigenvalue weighted by Crippen LogP contribution is 2.19. The van der Waals surface area contributed by atoms with Crippen molar-refractivity contribution in [3.63, 3.8) is 0 Å². The Morgan fingerprint density at radius 1 is 1.50 bits per heavy atom. The molecule has 0 atom stereocenters. The second kappa shape index (κ2) is 2.42. The first-order valence-corrected chi connectivity index (χ1v) is 4.27. The van der Waals surface area contributed by atoms with Crippen LogP contribution in [0.1, 0.15) is 5.56 Å². The molecule has 0 radical (unpaired) electrons. The van der Waals surface area contributed by atoms with E-state index >= 15 is 0 Å². The Kier molecular flexibility index (Phi) is 1.51. The highest BCUT2D eigenvalue weighted by molar-refractivity contribution is 7.16. The van der Waals surface area contributed by atoms with E-state index in [2.05, 4.69) is 4.98 Å². The van der Waals surface area contributed by atoms with Gasteiger partial charge in [0.25, 0.3) is 0 Å². The Hall–Kier alpha value is -1.16. The molecule has 2 aromatic rings. The van der Waals surface area contributed by atoms with Crippen molar-refractivity contribution in [2.24, 2.45) is 0 Å². The zero-order chi connectivity index (χ0) is 8.72. The van der Waals surface area contributed by atoms with E-state index in [9.17, 15) is 9.18 Å². The second-order valence-corrected chi connectivity index (χ2v) is 3.62. The summed E-state index contributed by atoms with van der Waals surface area (Å²) < 4.78 is 13.5. The summed E-state index contributed by atoms with van der Waals surface area (Å²) in [5.74, 6) is -0.326. The van der Waals surface area contributed by atoms with Crippen molar-refractivity contribution in [3.8, 4) is 0 Å². The summed E-state index contributed by atoms with van der Waals surface area (Å²) >= 11 is 0.901. The number of rotatable bonds is 0. The molecular formula is C8H6FNOS. The number of halogens is 1. The fourth-order valence-corrected chi connectivity index (χ4v) is 1.88. The molecule has 1 heterocycles. The third-order valence-corrected chi connectivity index (χ3v) is 2.53. The molecule has 1 N–H and O–H groups in total. The highest BCUT2D eigenvalue weighted by Gasteiger charge is 2.04. The minimum atomic E-state index is -0.326. The van der Waals surface area contributed by atoms with Gasteiger partial charge in [0.2, 0.25) is 0 Å². The molecule has 2 rings (SSSR count). The molecule has 0 aliphatic carbocycles. The Bertz CT molecular complexity index is 485. The number of nitrogens with one attached hydrogen (secondary N) is 1. The second-order valence-electron chi connectivity index (χ2n) is 2.64. The molecule has 0 fully saturated rings. The van der Waals surface area contributed by atoms with Gasteiger partial charge in [0.15, 0.2) is 0 Å². The number of H-pyrrole nitrogens is 1. The third-order valence-electron chi connectivity index (χ3n) is 1.62. The van der Waals surface area contributed by atoms with Crippen molar-refractivity contribution in [1.29, 1.82) is 0 Å². The van der Waals surface area contributed by atoms with Gasteiger partial charge in [-0.05, 0) is 24.6 Å². The van der Waals surface area contributed by atoms with E-state index in [-0.39, 0.29) is 10.7 Å². The predicted octanol–water partition coefficient (Wildman–Crippen LogP) is 2.04. The normalized spacial score (nSPS) is 10.8. The molecule has 62 valence electrons. The number of hydrogen-bond donors (Lipinski definition) is 1. The van der Waals surface area contributed by atoms with Crippen LogP contribution in [-0.2, 0) is 0 Å². The molecule has 0 bridgehead atoms. The van der Waals surface area contributed by atoms with E-state index in [0.29, 0.717) is 10.2 Å². The van der Waals surface area contributed by atoms with Crippen LogP contribution in [0.25, 0.3) is 10.2 Å². The summed E-state index contributed by atoms with van der Waals surface area (Å²) in [6.45, 7) is 1.79. The topological polar surface area (TPSA) is 32.9 Å². The van der Waals surface area contributed by atoms with E-state index in [1.165, 1.54) is 6.07 Å². The standard InChI is InChI=1S/C8H6FNOS/c1-4-2-5(9)7-6(3-4)10-8(11)12-7/h2-3H,1H3,(H,10,11). The molecule has 4 heteroatoms. The zero-order valence-electron chi connectivity index (χ0n) is 6.35. The average Bonchev–Trinajstić information content (AvgIpc) is 2.29. The van der Waals surface area contributed by atoms with Gasteiger partial charge >= 0.3 is 4.87 Å². The summed E-state index contributed by atoms with van der Waals surface area (Å²) in [5.41, 5.74) is 1.40. The zero-order valence-corrected chi connectivity index (χ0v) is 7.17. The van der Waals surface area contributed by atoms with Crippen molar-refractivity contribution in [2.45, 2.75) is 6.92 Å². The molecule has 2 nitrogen and oxygen atoms in total. The summed E-state index contributed by atoms with van der Waals surface area (Å²) in [4.78, 5) is 13.2. The lowest BCUT2D eigenvalue weighted by atomic mass is 10.2. The van der Waals surface area contributed by atoms with Gasteiger partial charge in [-0.3, -0.25) is 4.79 Å². The van der Waals surface area contributed by atoms with Gasteiger partial charge in [-0.25, -0.2) is 4.39 Å². The van der Waals surface area contributed by atoms with Crippen LogP contribution in [0, 0.1) is 12.7 Å². The maximum Gasteiger partial charge on any atom is 0.305 e. The fourth-order valence-electron chi connectivity index (χ4n) is 1.15. The maximum atomic E-state index is 13.1. The molecule has 12 heavy (non-hydrogen) atoms. The van der Waals surface area contributed by atoms with Crippen LogP contribution in [0.3, 0.4) is 0 Å². The molecule has 0 spiro atoms. The average molecular weight is 183 g/mol. The first kappa shape index (κ1) is 7.49. The van der Waals surface area contributed by atoms with E-state index in [4.69, 9.17) is 0 Å². The maximum absolute atomic E-state index is 13.1. The van der Waals surface area contributed by atoms with E-state index < -0.39 is 0 Å². The Labute approximate surface area is 71.7 Å². The first-order valence-electron chi connectivity index (χ1n) is 3.46. The van der Waals surface area contributed by atoms with Crippen LogP contribution in [0.2, 0.25) is 0 Å². The quantitative estimate of drug-likeness (QED) is 0.666. The molecule has 1 aromatic heterocycles. The van der Waals surface area contributed by atoms with Gasteiger partial charge in [0, 0.05) is 0 Å². The van der Waals surface area contributed by atoms with E-state index in [0.717, 1.165) is 16.9 Å². The van der Waals surface area contributed by atoms with E-state index in [1.807, 2.05) is 0 Å². The molecule has 0 saturated heterocycles. The lowest BCUT2D eigenvalue weighted by Gasteiger charge is -1.93. The SMILES string of the molecule is Cc1cc(F)c2sc(=O)[nH]c2c1. The Morgan fingerprint density at radius 2 is 2.25 bits per heavy atom. The minimum absolute atomic E-state index is 0.213. The van der Waals surface area contributed by atoms with Gasteiger partial charge in [0.1, 0.15) is 5.82 Å². The van der Waals surface area contributed by atoms with Crippen LogP contribution in [0.5, 0.6) is 0 Å². The van der Waals surface area contributed by atoms with Gasteiger partial charge in [-0.15, -0.1) is 0 Å². The van der Waals surface area contributed by atoms with Crippen LogP contribution in [0.15, 0.2) is 16.9 Å². The highest BCUT2D eigenvalue weighted by atomic mass is 32.1. The molecule has 1 aromatic carbocycles. The summed E-state index contributed by atoms with van der Waals surface area (Å²) in [6.07, 6.45) is 0. The van der Waals surface area contributed by atoms with Crippen molar-refractivity contribution in [1.82, 2.24) is 4.98 Å². The summed E-state index contributed by atoms with van der Waals surface area (Å²) in [7, 11) is 0. The largest absolute Gasteiger partial charge is 0.312 e. The van der Waals surface area contributed by atoms with Crippen LogP contribution in [-0.4, -0.2) is 4.98 Å². The number of thiazole rings is 1. The Morgan fingerprint density at radius 3 is 3.00 bits per heavy atom. The number of hydrogen-bond acceptors (Lipinski definition) is 2. The number of fused-ring (bicyclic) bond motifs is 1. The monoisotopic (exact) mass is 183 g/mol. The van der Waals surface area contributed by atoms with Gasteiger partial charge in [-0.2, -0.15) is 0 Å². The van der Waals surface area contributed by atoms with Gasteiger partial charge < -0.3 is 4.98 Å². The Balaban J connectivity index is 2.97. The van der Waals surface area contributed by atoms with Crippen molar-refractivity contribution >= 4 is 21.6 Å². The number of aromatic amines is 1. The minimum Gasteiger partial charge on any atom is -0.312 e. The first-order chi connectivity index (χ1) is 5.66. The predicted molar refractivity (Wildman–Crippen MR) is 47.1 cm³/mol. The number of benzene rings is 1. The molecule has 0 aliphatic rings. The van der Waals surface area contributed by atoms with Gasteiger partial charge in [0.05, 0.1) is 10.2 Å². The number of aryl methyl sites for hydroxylation is 1. The van der Waals surface area contributed by atoms with Crippen molar-refractivity contribution in [2.75, 3.05) is 0 Å². The lowest BCUT2D eigenvalue weighted by Crippen LogP contribution is -1.89. The van der Waals surface area contributed by atoms with Gasteiger partial charge in [-0.1, -0.05) is 11.3 Å². The van der Waals surface area contributed by atoms with Crippen molar-refractivity contribution in [3.05, 3.63) is 33.2 Å². The van der Waals surface area contributed by atoms with E-state index in [1.54, 1.807) is 13.0 Å². The molecule has 0 saturated carbocycles. The van der Waals surface area contributed by atoms with Crippen LogP contribution < -0.4 is 4.87 Å². The molecule has 0 aliphatic heterocycles. The summed E-state index contributed by atoms with van der Waals surface area (Å²) in [5, 5.41) is 0. The number of aromatic nitrogens is 1. The van der Waals surface area contributed by atoms with Crippen LogP contribution in [0.4, 0.5) is 4.39 Å². The molecule has 0 amide bonds. The van der Waals surface area contributed by atoms with Crippen LogP contribution >= 0.6 is 11.3 Å². The van der Waals surface area contributed by atoms with Crippen molar-refractivity contribution < 1.29 is 4.39 Å². The molecular weight excluding hydrogens is 177 g/mol. The lowest BCUT2D eigenvalue weighted by molar-refractivity contribution is 0.640.